The van der Waals surface area contributed by atoms with Crippen LogP contribution in [-0.2, 0) is 31.6 Å². The molecule has 0 aromatic carbocycles. The van der Waals surface area contributed by atoms with Gasteiger partial charge in [-0.3, -0.25) is 9.32 Å². The third kappa shape index (κ3) is 7.04. The van der Waals surface area contributed by atoms with Gasteiger partial charge in [-0.2, -0.15) is 13.0 Å². The van der Waals surface area contributed by atoms with Gasteiger partial charge in [-0.1, -0.05) is 0 Å². The molecule has 160 valence electrons. The highest BCUT2D eigenvalue weighted by Gasteiger charge is 2.42. The van der Waals surface area contributed by atoms with Crippen LogP contribution < -0.4 is 5.73 Å². The van der Waals surface area contributed by atoms with Gasteiger partial charge >= 0.3 is 23.5 Å². The van der Waals surface area contributed by atoms with Crippen molar-refractivity contribution in [3.63, 3.8) is 0 Å². The number of carbonyl (C=O) groups is 1. The van der Waals surface area contributed by atoms with Crippen LogP contribution in [0, 0.1) is 0 Å². The standard InChI is InChI=1S/C9H15N2O13P3S/c10-9(13)5-2-7(28-11-5)8-6(12)1-4(22-8)3-21-26(17,18)24-27(19,20)23-25(14,15)16/h2,4,6,8,12H,1,3H2,(H2,10,13)(H,17,18)(H,19,20)(H2,14,15,16)/t4-,6+,8+/m0/s1. The number of aliphatic hydroxyl groups is 1. The van der Waals surface area contributed by atoms with Crippen molar-refractivity contribution in [3.05, 3.63) is 16.6 Å². The molecule has 1 fully saturated rings. The summed E-state index contributed by atoms with van der Waals surface area (Å²) in [6, 6.07) is 1.31. The Hall–Kier alpha value is -0.570. The van der Waals surface area contributed by atoms with E-state index in [0.717, 1.165) is 11.5 Å². The average Bonchev–Trinajstić information content (AvgIpc) is 3.07. The van der Waals surface area contributed by atoms with Crippen LogP contribution in [0.15, 0.2) is 6.07 Å². The first kappa shape index (κ1) is 23.7. The number of aromatic nitrogens is 1. The van der Waals surface area contributed by atoms with Gasteiger partial charge < -0.3 is 35.2 Å². The Labute approximate surface area is 160 Å². The van der Waals surface area contributed by atoms with Crippen molar-refractivity contribution < 1.29 is 61.1 Å². The summed E-state index contributed by atoms with van der Waals surface area (Å²) in [4.78, 5) is 46.7. The van der Waals surface area contributed by atoms with E-state index < -0.39 is 54.3 Å². The smallest absolute Gasteiger partial charge is 0.390 e. The second kappa shape index (κ2) is 8.66. The molecule has 0 bridgehead atoms. The monoisotopic (exact) mass is 484 g/mol. The molecule has 1 aliphatic heterocycles. The number of carbonyl (C=O) groups excluding carboxylic acids is 1. The molecule has 1 aliphatic rings. The molecule has 7 N–H and O–H groups in total. The Balaban J connectivity index is 1.93. The van der Waals surface area contributed by atoms with E-state index in [0.29, 0.717) is 4.88 Å². The number of amides is 1. The molecule has 2 rings (SSSR count). The number of hydrogen-bond acceptors (Lipinski definition) is 11. The highest BCUT2D eigenvalue weighted by Crippen LogP contribution is 2.66. The summed E-state index contributed by atoms with van der Waals surface area (Å²) < 4.78 is 54.2. The molecule has 5 atom stereocenters. The summed E-state index contributed by atoms with van der Waals surface area (Å²) in [5, 5.41) is 10.0. The minimum atomic E-state index is -5.62. The van der Waals surface area contributed by atoms with E-state index in [2.05, 4.69) is 17.5 Å². The van der Waals surface area contributed by atoms with Crippen molar-refractivity contribution >= 4 is 40.9 Å². The summed E-state index contributed by atoms with van der Waals surface area (Å²) in [5.74, 6) is -0.779. The fourth-order valence-electron chi connectivity index (χ4n) is 2.13. The van der Waals surface area contributed by atoms with Crippen LogP contribution >= 0.6 is 35.0 Å². The quantitative estimate of drug-likeness (QED) is 0.248. The minimum Gasteiger partial charge on any atom is -0.390 e. The molecule has 0 saturated carbocycles. The second-order valence-corrected chi connectivity index (χ2v) is 10.6. The zero-order valence-electron chi connectivity index (χ0n) is 13.5. The highest BCUT2D eigenvalue weighted by atomic mass is 32.1. The molecule has 1 saturated heterocycles. The third-order valence-corrected chi connectivity index (χ3v) is 7.75. The average molecular weight is 484 g/mol. The fraction of sp³-hybridized carbons (Fsp3) is 0.556. The van der Waals surface area contributed by atoms with E-state index in [1.54, 1.807) is 0 Å². The van der Waals surface area contributed by atoms with Gasteiger partial charge in [0.2, 0.25) is 0 Å². The van der Waals surface area contributed by atoms with Crippen molar-refractivity contribution in [2.24, 2.45) is 5.73 Å². The second-order valence-electron chi connectivity index (χ2n) is 5.35. The zero-order chi connectivity index (χ0) is 21.3. The van der Waals surface area contributed by atoms with Gasteiger partial charge in [0.15, 0.2) is 0 Å². The summed E-state index contributed by atoms with van der Waals surface area (Å²) in [6.07, 6.45) is -3.07. The lowest BCUT2D eigenvalue weighted by molar-refractivity contribution is -0.00893. The molecule has 2 unspecified atom stereocenters. The molecule has 0 spiro atoms. The third-order valence-electron chi connectivity index (χ3n) is 3.09. The van der Waals surface area contributed by atoms with Gasteiger partial charge in [0, 0.05) is 6.42 Å². The number of rotatable bonds is 9. The van der Waals surface area contributed by atoms with E-state index in [1.807, 2.05) is 0 Å². The first-order valence-corrected chi connectivity index (χ1v) is 12.4. The molecule has 15 nitrogen and oxygen atoms in total. The number of ether oxygens (including phenoxy) is 1. The molecule has 2 heterocycles. The number of phosphoric ester groups is 1. The lowest BCUT2D eigenvalue weighted by Gasteiger charge is -2.18. The Morgan fingerprint density at radius 2 is 1.89 bits per heavy atom. The van der Waals surface area contributed by atoms with Crippen LogP contribution in [0.5, 0.6) is 0 Å². The highest BCUT2D eigenvalue weighted by molar-refractivity contribution is 7.66. The van der Waals surface area contributed by atoms with Gasteiger partial charge in [0.1, 0.15) is 11.8 Å². The molecule has 1 amide bonds. The zero-order valence-corrected chi connectivity index (χ0v) is 17.0. The topological polar surface area (TPSA) is 245 Å². The Kier molecular flexibility index (Phi) is 7.33. The van der Waals surface area contributed by atoms with Crippen LogP contribution in [0.1, 0.15) is 27.9 Å². The van der Waals surface area contributed by atoms with Crippen molar-refractivity contribution in [3.8, 4) is 0 Å². The van der Waals surface area contributed by atoms with Gasteiger partial charge in [0.25, 0.3) is 5.91 Å². The minimum absolute atomic E-state index is 0.0347. The summed E-state index contributed by atoms with van der Waals surface area (Å²) in [7, 11) is -16.4. The maximum Gasteiger partial charge on any atom is 0.490 e. The summed E-state index contributed by atoms with van der Waals surface area (Å²) >= 11 is 0.852. The predicted molar refractivity (Wildman–Crippen MR) is 88.7 cm³/mol. The Morgan fingerprint density at radius 3 is 2.43 bits per heavy atom. The first-order valence-electron chi connectivity index (χ1n) is 7.06. The number of primary amides is 1. The van der Waals surface area contributed by atoms with Crippen molar-refractivity contribution in [1.82, 2.24) is 4.37 Å². The molecule has 1 aromatic heterocycles. The maximum atomic E-state index is 11.7. The molecular formula is C9H15N2O13P3S. The molecule has 19 heteroatoms. The van der Waals surface area contributed by atoms with Crippen LogP contribution in [0.2, 0.25) is 0 Å². The normalized spacial score (nSPS) is 27.2. The van der Waals surface area contributed by atoms with Crippen LogP contribution in [-0.4, -0.2) is 53.8 Å². The number of hydrogen-bond donors (Lipinski definition) is 6. The summed E-state index contributed by atoms with van der Waals surface area (Å²) in [6.45, 7) is -0.696. The van der Waals surface area contributed by atoms with Crippen LogP contribution in [0.3, 0.4) is 0 Å². The molecule has 0 radical (unpaired) electrons. The number of aliphatic hydroxyl groups excluding tert-OH is 1. The Bertz CT molecular complexity index is 869. The SMILES string of the molecule is NC(=O)c1cc([C@@H]2O[C@H](COP(=O)(O)OP(=O)(O)OP(=O)(O)O)C[C@H]2O)sn1. The van der Waals surface area contributed by atoms with Gasteiger partial charge in [0.05, 0.1) is 23.7 Å². The van der Waals surface area contributed by atoms with E-state index in [4.69, 9.17) is 25.2 Å². The van der Waals surface area contributed by atoms with Crippen LogP contribution in [0.25, 0.3) is 0 Å². The molecule has 1 aromatic rings. The van der Waals surface area contributed by atoms with Gasteiger partial charge in [-0.15, -0.1) is 0 Å². The lowest BCUT2D eigenvalue weighted by atomic mass is 10.1. The van der Waals surface area contributed by atoms with Crippen LogP contribution in [0.4, 0.5) is 0 Å². The van der Waals surface area contributed by atoms with E-state index >= 15 is 0 Å². The lowest BCUT2D eigenvalue weighted by Crippen LogP contribution is -2.14. The molecule has 0 aliphatic carbocycles. The van der Waals surface area contributed by atoms with Crippen molar-refractivity contribution in [1.29, 1.82) is 0 Å². The molecular weight excluding hydrogens is 469 g/mol. The summed E-state index contributed by atoms with van der Waals surface area (Å²) in [5.41, 5.74) is 5.04. The number of phosphoric acid groups is 3. The molecule has 28 heavy (non-hydrogen) atoms. The first-order chi connectivity index (χ1) is 12.7. The van der Waals surface area contributed by atoms with E-state index in [9.17, 15) is 28.5 Å². The van der Waals surface area contributed by atoms with Gasteiger partial charge in [-0.25, -0.2) is 13.7 Å². The van der Waals surface area contributed by atoms with E-state index in [-0.39, 0.29) is 12.1 Å². The Morgan fingerprint density at radius 1 is 1.25 bits per heavy atom. The van der Waals surface area contributed by atoms with Crippen molar-refractivity contribution in [2.75, 3.05) is 6.61 Å². The fourth-order valence-corrected chi connectivity index (χ4v) is 6.01. The number of nitrogens with zero attached hydrogens (tertiary/aromatic N) is 1. The largest absolute Gasteiger partial charge is 0.490 e. The van der Waals surface area contributed by atoms with Crippen molar-refractivity contribution in [2.45, 2.75) is 24.7 Å². The van der Waals surface area contributed by atoms with E-state index in [1.165, 1.54) is 6.07 Å². The maximum absolute atomic E-state index is 11.7. The predicted octanol–water partition coefficient (Wildman–Crippen LogP) is -0.224. The van der Waals surface area contributed by atoms with Gasteiger partial charge in [-0.05, 0) is 17.6 Å². The number of nitrogens with two attached hydrogens (primary N) is 1.